The molecule has 0 aliphatic carbocycles. The number of carbonyl (C=O) groups excluding carboxylic acids is 1. The third-order valence-corrected chi connectivity index (χ3v) is 4.51. The van der Waals surface area contributed by atoms with Gasteiger partial charge in [0.05, 0.1) is 4.90 Å². The maximum absolute atomic E-state index is 12.0. The van der Waals surface area contributed by atoms with Crippen LogP contribution >= 0.6 is 0 Å². The molecule has 0 bridgehead atoms. The molecule has 24 heavy (non-hydrogen) atoms. The number of amides is 1. The highest BCUT2D eigenvalue weighted by molar-refractivity contribution is 7.89. The first kappa shape index (κ1) is 20.2. The van der Waals surface area contributed by atoms with Crippen molar-refractivity contribution in [1.29, 1.82) is 0 Å². The van der Waals surface area contributed by atoms with E-state index in [-0.39, 0.29) is 29.8 Å². The number of benzene rings is 1. The fourth-order valence-electron chi connectivity index (χ4n) is 1.65. The summed E-state index contributed by atoms with van der Waals surface area (Å²) in [7, 11) is -3.92. The number of halogens is 3. The molecule has 1 atom stereocenters. The second kappa shape index (κ2) is 8.34. The predicted octanol–water partition coefficient (Wildman–Crippen LogP) is 2.17. The summed E-state index contributed by atoms with van der Waals surface area (Å²) in [5.41, 5.74) is 0. The third kappa shape index (κ3) is 7.18. The van der Waals surface area contributed by atoms with Gasteiger partial charge in [-0.05, 0) is 37.6 Å². The van der Waals surface area contributed by atoms with E-state index in [1.54, 1.807) is 0 Å². The minimum atomic E-state index is -4.85. The summed E-state index contributed by atoms with van der Waals surface area (Å²) >= 11 is 0. The lowest BCUT2D eigenvalue weighted by Gasteiger charge is -2.12. The van der Waals surface area contributed by atoms with E-state index in [0.717, 1.165) is 30.7 Å². The molecule has 0 radical (unpaired) electrons. The van der Waals surface area contributed by atoms with E-state index in [1.165, 1.54) is 0 Å². The molecule has 0 aliphatic heterocycles. The molecule has 1 amide bonds. The number of ether oxygens (including phenoxy) is 1. The summed E-state index contributed by atoms with van der Waals surface area (Å²) in [5, 5.41) is 2.69. The Balaban J connectivity index is 2.58. The molecule has 1 aromatic carbocycles. The van der Waals surface area contributed by atoms with Gasteiger partial charge in [-0.1, -0.05) is 6.92 Å². The van der Waals surface area contributed by atoms with Crippen molar-refractivity contribution in [3.8, 4) is 5.75 Å². The number of carbonyl (C=O) groups is 1. The SMILES string of the molecule is CCC(C)NC(=O)CCNS(=O)(=O)c1ccc(OC(F)(F)F)cc1. The highest BCUT2D eigenvalue weighted by atomic mass is 32.2. The molecule has 0 fully saturated rings. The Morgan fingerprint density at radius 1 is 1.25 bits per heavy atom. The Morgan fingerprint density at radius 3 is 2.33 bits per heavy atom. The van der Waals surface area contributed by atoms with Gasteiger partial charge in [-0.3, -0.25) is 4.79 Å². The predicted molar refractivity (Wildman–Crippen MR) is 80.8 cm³/mol. The van der Waals surface area contributed by atoms with Crippen molar-refractivity contribution < 1.29 is 31.1 Å². The molecule has 10 heteroatoms. The quantitative estimate of drug-likeness (QED) is 0.737. The van der Waals surface area contributed by atoms with E-state index in [9.17, 15) is 26.4 Å². The molecule has 1 rings (SSSR count). The largest absolute Gasteiger partial charge is 0.573 e. The minimum absolute atomic E-state index is 0.00437. The molecular weight excluding hydrogens is 349 g/mol. The first-order valence-electron chi connectivity index (χ1n) is 7.18. The summed E-state index contributed by atoms with van der Waals surface area (Å²) in [6.45, 7) is 3.61. The van der Waals surface area contributed by atoms with Crippen molar-refractivity contribution in [3.63, 3.8) is 0 Å². The van der Waals surface area contributed by atoms with Gasteiger partial charge < -0.3 is 10.1 Å². The van der Waals surface area contributed by atoms with Crippen LogP contribution in [0.5, 0.6) is 5.75 Å². The van der Waals surface area contributed by atoms with Crippen LogP contribution in [0.2, 0.25) is 0 Å². The van der Waals surface area contributed by atoms with Crippen LogP contribution in [0.1, 0.15) is 26.7 Å². The van der Waals surface area contributed by atoms with Gasteiger partial charge in [0, 0.05) is 19.0 Å². The Labute approximate surface area is 138 Å². The molecule has 1 aromatic rings. The van der Waals surface area contributed by atoms with Crippen LogP contribution in [0.3, 0.4) is 0 Å². The first-order valence-corrected chi connectivity index (χ1v) is 8.66. The van der Waals surface area contributed by atoms with E-state index in [4.69, 9.17) is 0 Å². The average molecular weight is 368 g/mol. The molecule has 0 spiro atoms. The van der Waals surface area contributed by atoms with Crippen molar-refractivity contribution in [1.82, 2.24) is 10.0 Å². The Morgan fingerprint density at radius 2 is 1.83 bits per heavy atom. The highest BCUT2D eigenvalue weighted by Crippen LogP contribution is 2.23. The van der Waals surface area contributed by atoms with Gasteiger partial charge in [-0.25, -0.2) is 13.1 Å². The molecule has 0 saturated heterocycles. The van der Waals surface area contributed by atoms with Gasteiger partial charge >= 0.3 is 6.36 Å². The van der Waals surface area contributed by atoms with E-state index in [0.29, 0.717) is 0 Å². The Hall–Kier alpha value is -1.81. The average Bonchev–Trinajstić information content (AvgIpc) is 2.45. The molecule has 0 aliphatic rings. The normalized spacial score (nSPS) is 13.4. The molecule has 1 unspecified atom stereocenters. The zero-order valence-corrected chi connectivity index (χ0v) is 14.0. The van der Waals surface area contributed by atoms with Crippen molar-refractivity contribution in [2.75, 3.05) is 6.54 Å². The zero-order chi connectivity index (χ0) is 18.4. The first-order chi connectivity index (χ1) is 11.0. The molecule has 0 aromatic heterocycles. The van der Waals surface area contributed by atoms with E-state index in [2.05, 4.69) is 14.8 Å². The summed E-state index contributed by atoms with van der Waals surface area (Å²) in [6, 6.07) is 3.77. The Bertz CT molecular complexity index is 645. The second-order valence-electron chi connectivity index (χ2n) is 5.04. The van der Waals surface area contributed by atoms with Gasteiger partial charge in [0.1, 0.15) is 5.75 Å². The number of alkyl halides is 3. The van der Waals surface area contributed by atoms with Gasteiger partial charge in [0.2, 0.25) is 15.9 Å². The van der Waals surface area contributed by atoms with Crippen molar-refractivity contribution >= 4 is 15.9 Å². The monoisotopic (exact) mass is 368 g/mol. The van der Waals surface area contributed by atoms with Crippen LogP contribution in [0.25, 0.3) is 0 Å². The van der Waals surface area contributed by atoms with E-state index in [1.807, 2.05) is 13.8 Å². The summed E-state index contributed by atoms with van der Waals surface area (Å²) in [5.74, 6) is -0.810. The van der Waals surface area contributed by atoms with Crippen molar-refractivity contribution in [3.05, 3.63) is 24.3 Å². The van der Waals surface area contributed by atoms with Crippen molar-refractivity contribution in [2.45, 2.75) is 44.0 Å². The van der Waals surface area contributed by atoms with Gasteiger partial charge in [0.15, 0.2) is 0 Å². The molecule has 6 nitrogen and oxygen atoms in total. The van der Waals surface area contributed by atoms with Crippen LogP contribution < -0.4 is 14.8 Å². The summed E-state index contributed by atoms with van der Waals surface area (Å²) in [4.78, 5) is 11.3. The zero-order valence-electron chi connectivity index (χ0n) is 13.2. The van der Waals surface area contributed by atoms with E-state index >= 15 is 0 Å². The summed E-state index contributed by atoms with van der Waals surface area (Å²) < 4.78 is 66.0. The van der Waals surface area contributed by atoms with Crippen LogP contribution in [0.4, 0.5) is 13.2 Å². The lowest BCUT2D eigenvalue weighted by molar-refractivity contribution is -0.274. The van der Waals surface area contributed by atoms with E-state index < -0.39 is 22.1 Å². The van der Waals surface area contributed by atoms with Crippen LogP contribution in [0, 0.1) is 0 Å². The molecule has 136 valence electrons. The molecule has 2 N–H and O–H groups in total. The lowest BCUT2D eigenvalue weighted by Crippen LogP contribution is -2.35. The van der Waals surface area contributed by atoms with Crippen LogP contribution in [-0.2, 0) is 14.8 Å². The summed E-state index contributed by atoms with van der Waals surface area (Å²) in [6.07, 6.45) is -4.13. The topological polar surface area (TPSA) is 84.5 Å². The van der Waals surface area contributed by atoms with Gasteiger partial charge in [0.25, 0.3) is 0 Å². The maximum Gasteiger partial charge on any atom is 0.573 e. The number of rotatable bonds is 8. The minimum Gasteiger partial charge on any atom is -0.406 e. The smallest absolute Gasteiger partial charge is 0.406 e. The van der Waals surface area contributed by atoms with Crippen molar-refractivity contribution in [2.24, 2.45) is 0 Å². The maximum atomic E-state index is 12.0. The second-order valence-corrected chi connectivity index (χ2v) is 6.81. The standard InChI is InChI=1S/C14H19F3N2O4S/c1-3-10(2)19-13(20)8-9-18-24(21,22)12-6-4-11(5-7-12)23-14(15,16)17/h4-7,10,18H,3,8-9H2,1-2H3,(H,19,20). The number of nitrogens with one attached hydrogen (secondary N) is 2. The van der Waals surface area contributed by atoms with Gasteiger partial charge in [-0.15, -0.1) is 13.2 Å². The molecular formula is C14H19F3N2O4S. The number of sulfonamides is 1. The third-order valence-electron chi connectivity index (χ3n) is 3.03. The number of hydrogen-bond acceptors (Lipinski definition) is 4. The fourth-order valence-corrected chi connectivity index (χ4v) is 2.68. The number of hydrogen-bond donors (Lipinski definition) is 2. The van der Waals surface area contributed by atoms with Crippen LogP contribution in [0.15, 0.2) is 29.2 Å². The molecule has 0 saturated carbocycles. The fraction of sp³-hybridized carbons (Fsp3) is 0.500. The van der Waals surface area contributed by atoms with Gasteiger partial charge in [-0.2, -0.15) is 0 Å². The lowest BCUT2D eigenvalue weighted by atomic mass is 10.2. The Kier molecular flexibility index (Phi) is 7.03. The van der Waals surface area contributed by atoms with Crippen LogP contribution in [-0.4, -0.2) is 33.3 Å². The molecule has 0 heterocycles. The highest BCUT2D eigenvalue weighted by Gasteiger charge is 2.31.